The molecule has 0 radical (unpaired) electrons. The van der Waals surface area contributed by atoms with Crippen LogP contribution in [0.1, 0.15) is 25.0 Å². The van der Waals surface area contributed by atoms with Gasteiger partial charge in [0.05, 0.1) is 10.1 Å². The summed E-state index contributed by atoms with van der Waals surface area (Å²) in [6.45, 7) is 4.67. The summed E-state index contributed by atoms with van der Waals surface area (Å²) in [7, 11) is 0. The van der Waals surface area contributed by atoms with Gasteiger partial charge in [-0.05, 0) is 70.8 Å². The average Bonchev–Trinajstić information content (AvgIpc) is 3.87. The lowest BCUT2D eigenvalue weighted by molar-refractivity contribution is 0.660. The molecule has 3 nitrogen and oxygen atoms in total. The third-order valence-electron chi connectivity index (χ3n) is 10.5. The highest BCUT2D eigenvalue weighted by atomic mass is 32.1. The summed E-state index contributed by atoms with van der Waals surface area (Å²) in [5.74, 6) is 0. The Morgan fingerprint density at radius 1 is 0.612 bits per heavy atom. The van der Waals surface area contributed by atoms with Crippen molar-refractivity contribution in [2.75, 3.05) is 4.90 Å². The molecule has 49 heavy (non-hydrogen) atoms. The molecule has 0 aliphatic heterocycles. The Bertz CT molecular complexity index is 2990. The van der Waals surface area contributed by atoms with Gasteiger partial charge in [0.1, 0.15) is 28.1 Å². The fourth-order valence-corrected chi connectivity index (χ4v) is 9.40. The topological polar surface area (TPSA) is 29.5 Å². The molecule has 4 heteroatoms. The zero-order chi connectivity index (χ0) is 32.4. The van der Waals surface area contributed by atoms with E-state index in [0.717, 1.165) is 65.6 Å². The maximum atomic E-state index is 6.89. The minimum atomic E-state index is -0.171. The molecule has 1 aliphatic rings. The summed E-state index contributed by atoms with van der Waals surface area (Å²) in [5, 5.41) is 6.52. The summed E-state index contributed by atoms with van der Waals surface area (Å²) in [6.07, 6.45) is 0. The predicted molar refractivity (Wildman–Crippen MR) is 204 cm³/mol. The predicted octanol–water partition coefficient (Wildman–Crippen LogP) is 13.2. The van der Waals surface area contributed by atoms with Crippen LogP contribution >= 0.6 is 11.3 Å². The molecule has 0 bridgehead atoms. The second-order valence-corrected chi connectivity index (χ2v) is 14.6. The summed E-state index contributed by atoms with van der Waals surface area (Å²) >= 11 is 1.80. The van der Waals surface area contributed by atoms with E-state index in [1.807, 2.05) is 24.3 Å². The van der Waals surface area contributed by atoms with Gasteiger partial charge in [-0.1, -0.05) is 105 Å². The number of thiophene rings is 1. The Labute approximate surface area is 286 Å². The fourth-order valence-electron chi connectivity index (χ4n) is 8.23. The molecule has 3 heterocycles. The Morgan fingerprint density at radius 2 is 1.33 bits per heavy atom. The van der Waals surface area contributed by atoms with E-state index in [0.29, 0.717) is 0 Å². The van der Waals surface area contributed by atoms with Crippen molar-refractivity contribution in [1.82, 2.24) is 0 Å². The molecular weight excluding hydrogens is 619 g/mol. The third-order valence-corrected chi connectivity index (χ3v) is 11.7. The molecule has 0 spiro atoms. The van der Waals surface area contributed by atoms with Gasteiger partial charge in [-0.2, -0.15) is 0 Å². The first kappa shape index (κ1) is 27.0. The molecule has 11 rings (SSSR count). The molecule has 0 amide bonds. The molecule has 0 saturated carbocycles. The Kier molecular flexibility index (Phi) is 5.25. The second-order valence-electron chi connectivity index (χ2n) is 13.5. The smallest absolute Gasteiger partial charge is 0.160 e. The van der Waals surface area contributed by atoms with Crippen molar-refractivity contribution in [2.45, 2.75) is 19.3 Å². The third kappa shape index (κ3) is 3.58. The minimum absolute atomic E-state index is 0.171. The van der Waals surface area contributed by atoms with E-state index in [-0.39, 0.29) is 5.41 Å². The van der Waals surface area contributed by atoms with Gasteiger partial charge in [-0.25, -0.2) is 0 Å². The van der Waals surface area contributed by atoms with Crippen LogP contribution in [0.5, 0.6) is 0 Å². The van der Waals surface area contributed by atoms with Crippen molar-refractivity contribution < 1.29 is 8.83 Å². The summed E-state index contributed by atoms with van der Waals surface area (Å²) in [4.78, 5) is 2.36. The quantitative estimate of drug-likeness (QED) is 0.191. The summed E-state index contributed by atoms with van der Waals surface area (Å²) < 4.78 is 15.9. The van der Waals surface area contributed by atoms with Gasteiger partial charge in [0.25, 0.3) is 0 Å². The maximum absolute atomic E-state index is 6.89. The van der Waals surface area contributed by atoms with Crippen LogP contribution in [0.15, 0.2) is 136 Å². The van der Waals surface area contributed by atoms with Crippen molar-refractivity contribution >= 4 is 92.4 Å². The Hall–Kier alpha value is -6.02. The zero-order valence-corrected chi connectivity index (χ0v) is 27.6. The van der Waals surface area contributed by atoms with Crippen LogP contribution in [0.2, 0.25) is 0 Å². The van der Waals surface area contributed by atoms with E-state index in [1.54, 1.807) is 11.3 Å². The number of anilines is 3. The first-order valence-corrected chi connectivity index (χ1v) is 17.4. The number of hydrogen-bond donors (Lipinski definition) is 0. The van der Waals surface area contributed by atoms with Crippen LogP contribution in [0.4, 0.5) is 17.1 Å². The Morgan fingerprint density at radius 3 is 2.20 bits per heavy atom. The zero-order valence-electron chi connectivity index (χ0n) is 26.8. The highest BCUT2D eigenvalue weighted by Crippen LogP contribution is 2.54. The lowest BCUT2D eigenvalue weighted by Gasteiger charge is -2.28. The van der Waals surface area contributed by atoms with E-state index in [9.17, 15) is 0 Å². The largest absolute Gasteiger partial charge is 0.456 e. The monoisotopic (exact) mass is 645 g/mol. The molecule has 3 aromatic heterocycles. The number of para-hydroxylation sites is 2. The highest BCUT2D eigenvalue weighted by molar-refractivity contribution is 7.26. The van der Waals surface area contributed by atoms with Gasteiger partial charge in [0.15, 0.2) is 5.58 Å². The van der Waals surface area contributed by atoms with Crippen LogP contribution < -0.4 is 4.90 Å². The molecular formula is C45H27NO2S. The van der Waals surface area contributed by atoms with Gasteiger partial charge >= 0.3 is 0 Å². The first-order chi connectivity index (χ1) is 24.1. The second kappa shape index (κ2) is 9.54. The molecule has 1 aliphatic carbocycles. The molecule has 0 saturated heterocycles. The number of benzene rings is 6. The number of rotatable bonds is 3. The van der Waals surface area contributed by atoms with Crippen LogP contribution in [-0.4, -0.2) is 0 Å². The molecule has 0 unspecified atom stereocenters. The molecule has 0 atom stereocenters. The van der Waals surface area contributed by atoms with Crippen LogP contribution in [0.3, 0.4) is 0 Å². The number of nitrogens with zero attached hydrogens (tertiary/aromatic N) is 1. The maximum Gasteiger partial charge on any atom is 0.160 e. The first-order valence-electron chi connectivity index (χ1n) is 16.6. The van der Waals surface area contributed by atoms with Crippen molar-refractivity contribution in [3.05, 3.63) is 151 Å². The summed E-state index contributed by atoms with van der Waals surface area (Å²) in [6, 6.07) is 52.2. The molecule has 7 aromatic carbocycles. The van der Waals surface area contributed by atoms with Crippen molar-refractivity contribution in [1.29, 1.82) is 0 Å². The highest BCUT2D eigenvalue weighted by Gasteiger charge is 2.36. The van der Waals surface area contributed by atoms with E-state index >= 15 is 0 Å². The SMILES string of the molecule is CC1(C)c2ccccc2-c2ccc(N(c3c#ccc4c3sc3ccccc34)c3c4oc5ccccc5c4cc4oc5ccccc5c34)cc21. The lowest BCUT2D eigenvalue weighted by atomic mass is 9.82. The van der Waals surface area contributed by atoms with E-state index in [2.05, 4.69) is 134 Å². The molecule has 10 aromatic rings. The van der Waals surface area contributed by atoms with Crippen molar-refractivity contribution in [2.24, 2.45) is 0 Å². The average molecular weight is 646 g/mol. The standard InChI is InChI=1S/C45H27NO2S/c1-45(2)34-17-7-3-12-27(34)28-23-22-26(24-35(28)45)46(36-18-11-16-31-30-14-6-10-21-40(30)49-44(31)36)42-41-32-15-5-9-20-38(32)47-39(41)25-33-29-13-4-8-19-37(29)48-43(33)42/h3-10,12-17,19-25H,1-2H3. The van der Waals surface area contributed by atoms with Crippen molar-refractivity contribution in [3.8, 4) is 11.1 Å². The van der Waals surface area contributed by atoms with Gasteiger partial charge in [0, 0.05) is 42.7 Å². The molecule has 0 N–H and O–H groups in total. The van der Waals surface area contributed by atoms with Gasteiger partial charge in [0.2, 0.25) is 0 Å². The normalized spacial score (nSPS) is 13.5. The van der Waals surface area contributed by atoms with Crippen molar-refractivity contribution in [3.63, 3.8) is 0 Å². The number of furan rings is 2. The Balaban J connectivity index is 1.32. The van der Waals surface area contributed by atoms with Gasteiger partial charge in [-0.15, -0.1) is 11.3 Å². The fraction of sp³-hybridized carbons (Fsp3) is 0.0667. The van der Waals surface area contributed by atoms with E-state index in [1.165, 1.54) is 37.7 Å². The van der Waals surface area contributed by atoms with E-state index in [4.69, 9.17) is 8.83 Å². The number of fused-ring (bicyclic) bond motifs is 12. The molecule has 230 valence electrons. The van der Waals surface area contributed by atoms with Gasteiger partial charge in [-0.3, -0.25) is 4.90 Å². The molecule has 0 fully saturated rings. The van der Waals surface area contributed by atoms with Crippen LogP contribution in [-0.2, 0) is 5.41 Å². The van der Waals surface area contributed by atoms with Crippen LogP contribution in [0, 0.1) is 12.1 Å². The lowest BCUT2D eigenvalue weighted by Crippen LogP contribution is -2.16. The summed E-state index contributed by atoms with van der Waals surface area (Å²) in [5.41, 5.74) is 11.3. The minimum Gasteiger partial charge on any atom is -0.456 e. The van der Waals surface area contributed by atoms with Gasteiger partial charge < -0.3 is 8.83 Å². The van der Waals surface area contributed by atoms with E-state index < -0.39 is 0 Å². The number of hydrogen-bond acceptors (Lipinski definition) is 4. The van der Waals surface area contributed by atoms with Crippen LogP contribution in [0.25, 0.3) is 75.2 Å².